The number of carbonyl (C=O) groups excluding carboxylic acids is 1. The number of aromatic nitrogens is 1. The molecule has 0 spiro atoms. The third-order valence-corrected chi connectivity index (χ3v) is 6.53. The van der Waals surface area contributed by atoms with Gasteiger partial charge in [0.2, 0.25) is 5.91 Å². The Hall–Kier alpha value is -2.16. The summed E-state index contributed by atoms with van der Waals surface area (Å²) in [6.45, 7) is 0. The van der Waals surface area contributed by atoms with Crippen LogP contribution in [0.5, 0.6) is 5.75 Å². The van der Waals surface area contributed by atoms with Crippen molar-refractivity contribution < 1.29 is 17.9 Å². The summed E-state index contributed by atoms with van der Waals surface area (Å²) in [5.41, 5.74) is 0.736. The highest BCUT2D eigenvalue weighted by molar-refractivity contribution is 7.91. The zero-order chi connectivity index (χ0) is 18.7. The van der Waals surface area contributed by atoms with Gasteiger partial charge in [-0.3, -0.25) is 4.79 Å². The minimum atomic E-state index is -3.55. The molecule has 3 aromatic rings. The van der Waals surface area contributed by atoms with Crippen LogP contribution in [0.2, 0.25) is 5.02 Å². The first-order valence-corrected chi connectivity index (χ1v) is 10.4. The molecule has 0 atom stereocenters. The molecule has 3 rings (SSSR count). The number of ether oxygens (including phenoxy) is 1. The Morgan fingerprint density at radius 3 is 2.65 bits per heavy atom. The number of rotatable bonds is 6. The second-order valence-electron chi connectivity index (χ2n) is 5.42. The van der Waals surface area contributed by atoms with Crippen molar-refractivity contribution >= 4 is 54.0 Å². The highest BCUT2D eigenvalue weighted by Crippen LogP contribution is 2.29. The summed E-state index contributed by atoms with van der Waals surface area (Å²) in [5, 5.41) is 3.52. The maximum Gasteiger partial charge on any atom is 0.227 e. The van der Waals surface area contributed by atoms with Gasteiger partial charge < -0.3 is 10.1 Å². The average Bonchev–Trinajstić information content (AvgIpc) is 3.01. The minimum Gasteiger partial charge on any atom is -0.497 e. The van der Waals surface area contributed by atoms with Crippen molar-refractivity contribution in [3.05, 3.63) is 47.5 Å². The second kappa shape index (κ2) is 7.61. The fourth-order valence-electron chi connectivity index (χ4n) is 2.25. The van der Waals surface area contributed by atoms with E-state index in [1.807, 2.05) is 6.07 Å². The normalized spacial score (nSPS) is 11.5. The fraction of sp³-hybridized carbons (Fsp3) is 0.176. The van der Waals surface area contributed by atoms with Crippen LogP contribution >= 0.6 is 22.9 Å². The number of halogens is 1. The number of sulfone groups is 1. The molecular formula is C17H15ClN2O4S2. The Bertz CT molecular complexity index is 1050. The minimum absolute atomic E-state index is 0.141. The van der Waals surface area contributed by atoms with Crippen molar-refractivity contribution in [2.45, 2.75) is 11.3 Å². The highest BCUT2D eigenvalue weighted by Gasteiger charge is 2.17. The maximum absolute atomic E-state index is 12.3. The number of fused-ring (bicyclic) bond motifs is 1. The smallest absolute Gasteiger partial charge is 0.227 e. The first-order chi connectivity index (χ1) is 12.4. The number of nitrogens with one attached hydrogen (secondary N) is 1. The zero-order valence-corrected chi connectivity index (χ0v) is 16.1. The van der Waals surface area contributed by atoms with E-state index in [1.165, 1.54) is 35.6 Å². The number of amides is 1. The largest absolute Gasteiger partial charge is 0.497 e. The van der Waals surface area contributed by atoms with Crippen LogP contribution in [0, 0.1) is 0 Å². The fourth-order valence-corrected chi connectivity index (χ4v) is 4.53. The quantitative estimate of drug-likeness (QED) is 0.668. The Morgan fingerprint density at radius 1 is 1.23 bits per heavy atom. The number of hydrogen-bond donors (Lipinski definition) is 1. The molecule has 0 saturated heterocycles. The number of carbonyl (C=O) groups is 1. The molecule has 1 aromatic heterocycles. The summed E-state index contributed by atoms with van der Waals surface area (Å²) in [4.78, 5) is 16.5. The highest BCUT2D eigenvalue weighted by atomic mass is 35.5. The van der Waals surface area contributed by atoms with E-state index < -0.39 is 15.7 Å². The monoisotopic (exact) mass is 410 g/mol. The van der Waals surface area contributed by atoms with E-state index in [2.05, 4.69) is 10.3 Å². The molecule has 1 heterocycles. The van der Waals surface area contributed by atoms with E-state index in [9.17, 15) is 13.2 Å². The van der Waals surface area contributed by atoms with E-state index in [-0.39, 0.29) is 17.1 Å². The average molecular weight is 411 g/mol. The van der Waals surface area contributed by atoms with E-state index >= 15 is 0 Å². The van der Waals surface area contributed by atoms with Gasteiger partial charge in [0.05, 0.1) is 28.0 Å². The Balaban J connectivity index is 1.64. The molecule has 0 fully saturated rings. The molecule has 0 aliphatic carbocycles. The van der Waals surface area contributed by atoms with Crippen molar-refractivity contribution in [1.29, 1.82) is 0 Å². The zero-order valence-electron chi connectivity index (χ0n) is 13.7. The van der Waals surface area contributed by atoms with Crippen molar-refractivity contribution in [2.24, 2.45) is 0 Å². The summed E-state index contributed by atoms with van der Waals surface area (Å²) in [6.07, 6.45) is -0.162. The van der Waals surface area contributed by atoms with Crippen LogP contribution in [-0.4, -0.2) is 32.2 Å². The molecule has 0 radical (unpaired) electrons. The summed E-state index contributed by atoms with van der Waals surface area (Å²) >= 11 is 7.06. The van der Waals surface area contributed by atoms with Crippen molar-refractivity contribution in [1.82, 2.24) is 4.98 Å². The number of thiazole rings is 1. The molecule has 0 aliphatic heterocycles. The summed E-state index contributed by atoms with van der Waals surface area (Å²) in [5.74, 6) is 0.000712. The van der Waals surface area contributed by atoms with E-state index in [1.54, 1.807) is 19.2 Å². The molecular weight excluding hydrogens is 396 g/mol. The number of methoxy groups -OCH3 is 1. The van der Waals surface area contributed by atoms with Gasteiger partial charge in [-0.25, -0.2) is 13.4 Å². The van der Waals surface area contributed by atoms with Crippen LogP contribution in [0.4, 0.5) is 5.13 Å². The molecule has 26 heavy (non-hydrogen) atoms. The number of nitrogens with zero attached hydrogens (tertiary/aromatic N) is 1. The van der Waals surface area contributed by atoms with Crippen LogP contribution in [0.3, 0.4) is 0 Å². The predicted molar refractivity (Wildman–Crippen MR) is 103 cm³/mol. The van der Waals surface area contributed by atoms with Gasteiger partial charge in [-0.05, 0) is 42.5 Å². The lowest BCUT2D eigenvalue weighted by Crippen LogP contribution is -2.17. The summed E-state index contributed by atoms with van der Waals surface area (Å²) < 4.78 is 30.5. The summed E-state index contributed by atoms with van der Waals surface area (Å²) in [7, 11) is -1.98. The molecule has 1 N–H and O–H groups in total. The standard InChI is InChI=1S/C17H15ClN2O4S2/c1-24-12-4-7-14-15(10-12)25-17(19-14)20-16(21)8-9-26(22,23)13-5-2-11(18)3-6-13/h2-7,10H,8-9H2,1H3,(H,19,20,21). The van der Waals surface area contributed by atoms with Gasteiger partial charge in [-0.15, -0.1) is 0 Å². The topological polar surface area (TPSA) is 85.4 Å². The van der Waals surface area contributed by atoms with Crippen molar-refractivity contribution in [2.75, 3.05) is 18.2 Å². The molecule has 0 bridgehead atoms. The molecule has 0 saturated carbocycles. The molecule has 9 heteroatoms. The first-order valence-electron chi connectivity index (χ1n) is 7.60. The van der Waals surface area contributed by atoms with E-state index in [4.69, 9.17) is 16.3 Å². The second-order valence-corrected chi connectivity index (χ2v) is 9.00. The Labute approximate surface area is 159 Å². The van der Waals surface area contributed by atoms with Crippen LogP contribution in [0.1, 0.15) is 6.42 Å². The first kappa shape index (κ1) is 18.6. The van der Waals surface area contributed by atoms with Crippen LogP contribution in [0.15, 0.2) is 47.4 Å². The van der Waals surface area contributed by atoms with E-state index in [0.717, 1.165) is 10.2 Å². The van der Waals surface area contributed by atoms with Crippen molar-refractivity contribution in [3.8, 4) is 5.75 Å². The molecule has 0 aliphatic rings. The van der Waals surface area contributed by atoms with Crippen LogP contribution in [0.25, 0.3) is 10.2 Å². The number of hydrogen-bond acceptors (Lipinski definition) is 6. The lowest BCUT2D eigenvalue weighted by atomic mass is 10.3. The van der Waals surface area contributed by atoms with Crippen LogP contribution in [-0.2, 0) is 14.6 Å². The lowest BCUT2D eigenvalue weighted by molar-refractivity contribution is -0.115. The molecule has 136 valence electrons. The Kier molecular flexibility index (Phi) is 5.45. The summed E-state index contributed by atoms with van der Waals surface area (Å²) in [6, 6.07) is 11.3. The van der Waals surface area contributed by atoms with Gasteiger partial charge in [0, 0.05) is 11.4 Å². The third kappa shape index (κ3) is 4.32. The number of anilines is 1. The van der Waals surface area contributed by atoms with Crippen LogP contribution < -0.4 is 10.1 Å². The predicted octanol–water partition coefficient (Wildman–Crippen LogP) is 3.76. The molecule has 2 aromatic carbocycles. The Morgan fingerprint density at radius 2 is 1.96 bits per heavy atom. The maximum atomic E-state index is 12.3. The third-order valence-electron chi connectivity index (χ3n) is 3.61. The van der Waals surface area contributed by atoms with Gasteiger partial charge in [0.25, 0.3) is 0 Å². The van der Waals surface area contributed by atoms with Gasteiger partial charge >= 0.3 is 0 Å². The SMILES string of the molecule is COc1ccc2nc(NC(=O)CCS(=O)(=O)c3ccc(Cl)cc3)sc2c1. The van der Waals surface area contributed by atoms with Gasteiger partial charge in [0.1, 0.15) is 5.75 Å². The molecule has 0 unspecified atom stereocenters. The van der Waals surface area contributed by atoms with Gasteiger partial charge in [-0.1, -0.05) is 22.9 Å². The molecule has 1 amide bonds. The lowest BCUT2D eigenvalue weighted by Gasteiger charge is -2.04. The van der Waals surface area contributed by atoms with Crippen molar-refractivity contribution in [3.63, 3.8) is 0 Å². The molecule has 6 nitrogen and oxygen atoms in total. The van der Waals surface area contributed by atoms with E-state index in [0.29, 0.717) is 15.9 Å². The van der Waals surface area contributed by atoms with Gasteiger partial charge in [-0.2, -0.15) is 0 Å². The number of benzene rings is 2. The van der Waals surface area contributed by atoms with Gasteiger partial charge in [0.15, 0.2) is 15.0 Å².